The van der Waals surface area contributed by atoms with E-state index in [2.05, 4.69) is 0 Å². The summed E-state index contributed by atoms with van der Waals surface area (Å²) in [5.41, 5.74) is 0. The maximum atomic E-state index is 10.3. The van der Waals surface area contributed by atoms with E-state index in [1.54, 1.807) is 0 Å². The predicted octanol–water partition coefficient (Wildman–Crippen LogP) is -4.01. The molecule has 0 saturated heterocycles. The second-order valence-electron chi connectivity index (χ2n) is 5.06. The monoisotopic (exact) mass is 406 g/mol. The number of unbranched alkanes of at least 4 members (excludes halogenated alkanes) is 9. The Hall–Kier alpha value is 3.09. The molecule has 0 atom stereocenters. The minimum atomic E-state index is -4.06. The van der Waals surface area contributed by atoms with Gasteiger partial charge >= 0.3 is 103 Å². The first kappa shape index (κ1) is 29.8. The summed E-state index contributed by atoms with van der Waals surface area (Å²) < 4.78 is 62.0. The SMILES string of the molecule is O=S(=O)([O-])CCCCCCCCCCCCS(=O)(=O)[O-].[K+].[K+]. The van der Waals surface area contributed by atoms with Crippen molar-refractivity contribution in [2.75, 3.05) is 11.5 Å². The van der Waals surface area contributed by atoms with Crippen LogP contribution in [0, 0.1) is 0 Å². The van der Waals surface area contributed by atoms with E-state index in [4.69, 9.17) is 0 Å². The van der Waals surface area contributed by atoms with E-state index in [0.717, 1.165) is 51.4 Å². The Morgan fingerprint density at radius 3 is 0.818 bits per heavy atom. The van der Waals surface area contributed by atoms with Gasteiger partial charge in [0.2, 0.25) is 0 Å². The van der Waals surface area contributed by atoms with Crippen molar-refractivity contribution in [1.29, 1.82) is 0 Å². The molecule has 122 valence electrons. The van der Waals surface area contributed by atoms with E-state index in [-0.39, 0.29) is 114 Å². The molecule has 0 rings (SSSR count). The van der Waals surface area contributed by atoms with Crippen LogP contribution < -0.4 is 103 Å². The first-order valence-corrected chi connectivity index (χ1v) is 10.2. The molecule has 0 unspecified atom stereocenters. The summed E-state index contributed by atoms with van der Waals surface area (Å²) in [7, 11) is -8.12. The Morgan fingerprint density at radius 1 is 0.455 bits per heavy atom. The average Bonchev–Trinajstić information content (AvgIpc) is 2.27. The van der Waals surface area contributed by atoms with Gasteiger partial charge in [0.1, 0.15) is 0 Å². The molecule has 0 N–H and O–H groups in total. The van der Waals surface area contributed by atoms with Crippen molar-refractivity contribution < 1.29 is 129 Å². The van der Waals surface area contributed by atoms with Crippen molar-refractivity contribution in [3.8, 4) is 0 Å². The predicted molar refractivity (Wildman–Crippen MR) is 75.3 cm³/mol. The molecule has 0 amide bonds. The van der Waals surface area contributed by atoms with E-state index in [9.17, 15) is 25.9 Å². The van der Waals surface area contributed by atoms with Gasteiger partial charge in [-0.25, -0.2) is 16.8 Å². The summed E-state index contributed by atoms with van der Waals surface area (Å²) in [6.07, 6.45) is 8.44. The minimum absolute atomic E-state index is 0. The van der Waals surface area contributed by atoms with Gasteiger partial charge in [0.25, 0.3) is 0 Å². The van der Waals surface area contributed by atoms with Crippen LogP contribution in [0.3, 0.4) is 0 Å². The standard InChI is InChI=1S/C12H26O6S2.2K/c13-19(14,15)11-9-7-5-3-1-2-4-6-8-10-12-20(16,17)18;;/h1-12H2,(H,13,14,15)(H,16,17,18);;/q;2*+1/p-2. The van der Waals surface area contributed by atoms with Crippen molar-refractivity contribution in [1.82, 2.24) is 0 Å². The van der Waals surface area contributed by atoms with Crippen LogP contribution in [0.1, 0.15) is 64.2 Å². The summed E-state index contributed by atoms with van der Waals surface area (Å²) in [6, 6.07) is 0. The Morgan fingerprint density at radius 2 is 0.636 bits per heavy atom. The fourth-order valence-corrected chi connectivity index (χ4v) is 3.09. The maximum absolute atomic E-state index is 10.3. The van der Waals surface area contributed by atoms with Gasteiger partial charge in [0.05, 0.1) is 20.2 Å². The number of hydrogen-bond acceptors (Lipinski definition) is 6. The Balaban J connectivity index is -0.00000180. The van der Waals surface area contributed by atoms with Crippen LogP contribution in [0.15, 0.2) is 0 Å². The van der Waals surface area contributed by atoms with E-state index < -0.39 is 20.2 Å². The largest absolute Gasteiger partial charge is 1.00 e. The quantitative estimate of drug-likeness (QED) is 0.175. The zero-order valence-electron chi connectivity index (χ0n) is 13.8. The van der Waals surface area contributed by atoms with Gasteiger partial charge in [-0.1, -0.05) is 51.4 Å². The van der Waals surface area contributed by atoms with Crippen molar-refractivity contribution in [2.24, 2.45) is 0 Å². The van der Waals surface area contributed by atoms with Crippen LogP contribution >= 0.6 is 0 Å². The molecule has 0 spiro atoms. The van der Waals surface area contributed by atoms with Gasteiger partial charge in [0.15, 0.2) is 0 Å². The Bertz CT molecular complexity index is 395. The van der Waals surface area contributed by atoms with Crippen LogP contribution in [-0.4, -0.2) is 37.4 Å². The third-order valence-electron chi connectivity index (χ3n) is 3.04. The fourth-order valence-electron chi connectivity index (χ4n) is 1.97. The smallest absolute Gasteiger partial charge is 0.748 e. The Kier molecular flexibility index (Phi) is 23.7. The molecular formula is C12H24K2O6S2. The topological polar surface area (TPSA) is 114 Å². The van der Waals surface area contributed by atoms with Gasteiger partial charge in [-0.05, 0) is 12.8 Å². The fraction of sp³-hybridized carbons (Fsp3) is 1.00. The van der Waals surface area contributed by atoms with Crippen molar-refractivity contribution in [3.05, 3.63) is 0 Å². The van der Waals surface area contributed by atoms with Crippen LogP contribution in [0.4, 0.5) is 0 Å². The van der Waals surface area contributed by atoms with Crippen LogP contribution in [0.25, 0.3) is 0 Å². The second-order valence-corrected chi connectivity index (χ2v) is 8.11. The van der Waals surface area contributed by atoms with Crippen LogP contribution in [0.2, 0.25) is 0 Å². The van der Waals surface area contributed by atoms with Gasteiger partial charge in [-0.3, -0.25) is 0 Å². The van der Waals surface area contributed by atoms with Crippen molar-refractivity contribution >= 4 is 20.2 Å². The summed E-state index contributed by atoms with van der Waals surface area (Å²) in [5.74, 6) is -0.536. The first-order chi connectivity index (χ1) is 9.21. The van der Waals surface area contributed by atoms with Crippen molar-refractivity contribution in [2.45, 2.75) is 64.2 Å². The molecule has 0 aromatic rings. The van der Waals surface area contributed by atoms with Gasteiger partial charge < -0.3 is 9.11 Å². The molecule has 0 aliphatic rings. The summed E-state index contributed by atoms with van der Waals surface area (Å²) in [6.45, 7) is 0. The number of hydrogen-bond donors (Lipinski definition) is 0. The summed E-state index contributed by atoms with van der Waals surface area (Å²) in [5, 5.41) is 0. The molecule has 0 aromatic heterocycles. The summed E-state index contributed by atoms with van der Waals surface area (Å²) >= 11 is 0. The van der Waals surface area contributed by atoms with Gasteiger partial charge in [-0.2, -0.15) is 0 Å². The van der Waals surface area contributed by atoms with E-state index in [1.165, 1.54) is 0 Å². The average molecular weight is 407 g/mol. The van der Waals surface area contributed by atoms with Crippen LogP contribution in [0.5, 0.6) is 0 Å². The molecule has 0 aliphatic heterocycles. The normalized spacial score (nSPS) is 11.5. The minimum Gasteiger partial charge on any atom is -0.748 e. The first-order valence-electron chi connectivity index (χ1n) is 7.08. The third kappa shape index (κ3) is 27.9. The molecule has 22 heavy (non-hydrogen) atoms. The third-order valence-corrected chi connectivity index (χ3v) is 4.62. The second kappa shape index (κ2) is 17.5. The van der Waals surface area contributed by atoms with Gasteiger partial charge in [0, 0.05) is 11.5 Å². The molecule has 0 radical (unpaired) electrons. The molecule has 0 bridgehead atoms. The molecule has 0 saturated carbocycles. The molecule has 10 heteroatoms. The van der Waals surface area contributed by atoms with Gasteiger partial charge in [-0.15, -0.1) is 0 Å². The summed E-state index contributed by atoms with van der Waals surface area (Å²) in [4.78, 5) is 0. The zero-order chi connectivity index (χ0) is 15.5. The molecular weight excluding hydrogens is 382 g/mol. The zero-order valence-corrected chi connectivity index (χ0v) is 21.6. The van der Waals surface area contributed by atoms with E-state index in [1.807, 2.05) is 0 Å². The molecule has 6 nitrogen and oxygen atoms in total. The molecule has 0 aromatic carbocycles. The Labute approximate surface area is 220 Å². The van der Waals surface area contributed by atoms with Crippen LogP contribution in [-0.2, 0) is 20.2 Å². The van der Waals surface area contributed by atoms with E-state index >= 15 is 0 Å². The molecule has 0 heterocycles. The number of rotatable bonds is 13. The molecule has 0 fully saturated rings. The van der Waals surface area contributed by atoms with Crippen molar-refractivity contribution in [3.63, 3.8) is 0 Å². The van der Waals surface area contributed by atoms with E-state index in [0.29, 0.717) is 12.8 Å². The maximum Gasteiger partial charge on any atom is 1.00 e. The molecule has 0 aliphatic carbocycles.